The predicted molar refractivity (Wildman–Crippen MR) is 193 cm³/mol. The normalized spacial score (nSPS) is 11.2. The Balaban J connectivity index is 1.23. The summed E-state index contributed by atoms with van der Waals surface area (Å²) in [5, 5.41) is 7.46. The van der Waals surface area contributed by atoms with Crippen LogP contribution in [0.1, 0.15) is 32.6 Å². The van der Waals surface area contributed by atoms with E-state index in [0.717, 1.165) is 17.5 Å². The van der Waals surface area contributed by atoms with Crippen molar-refractivity contribution in [2.45, 2.75) is 24.8 Å². The highest BCUT2D eigenvalue weighted by molar-refractivity contribution is 7.92. The van der Waals surface area contributed by atoms with Gasteiger partial charge in [-0.15, -0.1) is 0 Å². The molecule has 5 aromatic rings. The Labute approximate surface area is 291 Å². The molecular formula is C38H35ClN4O5S. The summed E-state index contributed by atoms with van der Waals surface area (Å²) in [7, 11) is -4.08. The number of sulfonamides is 1. The molecule has 0 spiro atoms. The second-order valence-corrected chi connectivity index (χ2v) is 13.4. The van der Waals surface area contributed by atoms with E-state index in [0.29, 0.717) is 28.4 Å². The number of halogens is 1. The van der Waals surface area contributed by atoms with E-state index in [1.807, 2.05) is 37.3 Å². The van der Waals surface area contributed by atoms with Gasteiger partial charge in [-0.25, -0.2) is 13.8 Å². The molecule has 0 aliphatic heterocycles. The molecule has 5 rings (SSSR count). The predicted octanol–water partition coefficient (Wildman–Crippen LogP) is 6.55. The number of amides is 2. The number of hydrazone groups is 1. The number of benzene rings is 5. The molecule has 0 bridgehead atoms. The highest BCUT2D eigenvalue weighted by atomic mass is 35.5. The molecule has 0 saturated carbocycles. The lowest BCUT2D eigenvalue weighted by molar-refractivity contribution is -0.123. The van der Waals surface area contributed by atoms with Gasteiger partial charge in [0.1, 0.15) is 5.75 Å². The third-order valence-electron chi connectivity index (χ3n) is 7.47. The lowest BCUT2D eigenvalue weighted by Gasteiger charge is -2.26. The van der Waals surface area contributed by atoms with Crippen LogP contribution in [-0.2, 0) is 27.8 Å². The second-order valence-electron chi connectivity index (χ2n) is 11.1. The number of ether oxygens (including phenoxy) is 1. The summed E-state index contributed by atoms with van der Waals surface area (Å²) in [5.74, 6) is -0.308. The van der Waals surface area contributed by atoms with Gasteiger partial charge in [0.2, 0.25) is 0 Å². The van der Waals surface area contributed by atoms with Gasteiger partial charge in [-0.3, -0.25) is 13.9 Å². The van der Waals surface area contributed by atoms with E-state index in [1.165, 1.54) is 10.5 Å². The lowest BCUT2D eigenvalue weighted by atomic mass is 10.1. The molecule has 2 amide bonds. The van der Waals surface area contributed by atoms with Crippen molar-refractivity contribution in [3.8, 4) is 5.75 Å². The summed E-state index contributed by atoms with van der Waals surface area (Å²) < 4.78 is 34.8. The van der Waals surface area contributed by atoms with E-state index in [1.54, 1.807) is 97.1 Å². The molecule has 9 nitrogen and oxygen atoms in total. The van der Waals surface area contributed by atoms with Crippen molar-refractivity contribution < 1.29 is 22.7 Å². The quantitative estimate of drug-likeness (QED) is 0.101. The third kappa shape index (κ3) is 9.79. The first-order valence-electron chi connectivity index (χ1n) is 15.5. The van der Waals surface area contributed by atoms with E-state index in [-0.39, 0.29) is 35.2 Å². The average Bonchev–Trinajstić information content (AvgIpc) is 3.11. The number of nitrogens with zero attached hydrogens (tertiary/aromatic N) is 2. The van der Waals surface area contributed by atoms with E-state index in [9.17, 15) is 18.0 Å². The average molecular weight is 695 g/mol. The Morgan fingerprint density at radius 2 is 1.49 bits per heavy atom. The summed E-state index contributed by atoms with van der Waals surface area (Å²) in [6.07, 6.45) is 2.19. The first-order valence-corrected chi connectivity index (χ1v) is 17.3. The molecule has 5 aromatic carbocycles. The monoisotopic (exact) mass is 694 g/mol. The number of anilines is 1. The molecule has 0 unspecified atom stereocenters. The van der Waals surface area contributed by atoms with Gasteiger partial charge in [-0.2, -0.15) is 5.10 Å². The minimum atomic E-state index is -4.08. The number of para-hydroxylation sites is 1. The first kappa shape index (κ1) is 34.9. The molecule has 0 radical (unpaired) electrons. The molecule has 0 saturated heterocycles. The zero-order valence-corrected chi connectivity index (χ0v) is 28.3. The van der Waals surface area contributed by atoms with Crippen molar-refractivity contribution in [3.63, 3.8) is 0 Å². The Morgan fingerprint density at radius 3 is 2.20 bits per heavy atom. The van der Waals surface area contributed by atoms with Gasteiger partial charge in [0.25, 0.3) is 21.8 Å². The minimum Gasteiger partial charge on any atom is -0.484 e. The van der Waals surface area contributed by atoms with Crippen LogP contribution < -0.4 is 19.8 Å². The summed E-state index contributed by atoms with van der Waals surface area (Å²) in [6.45, 7) is 2.23. The zero-order valence-electron chi connectivity index (χ0n) is 26.8. The third-order valence-corrected chi connectivity index (χ3v) is 9.50. The standard InChI is InChI=1S/C38H35ClN4O5S/c1-28-11-21-34(22-12-28)49(46,47)43(26-31-13-17-32(39)18-14-31)36-10-6-5-9-35(36)38(45)42-41-25-30-15-19-33(20-16-30)48-27-37(44)40-24-23-29-7-3-2-4-8-29/h2-22,25H,23-24,26-27H2,1H3,(H,40,44)(H,42,45)/b41-25-. The van der Waals surface area contributed by atoms with Crippen LogP contribution in [0, 0.1) is 6.92 Å². The maximum atomic E-state index is 14.0. The molecule has 0 atom stereocenters. The Kier molecular flexibility index (Phi) is 11.8. The van der Waals surface area contributed by atoms with Crippen molar-refractivity contribution >= 4 is 45.3 Å². The minimum absolute atomic E-state index is 0.0370. The fraction of sp³-hybridized carbons (Fsp3) is 0.132. The number of hydrogen-bond donors (Lipinski definition) is 2. The maximum absolute atomic E-state index is 14.0. The SMILES string of the molecule is Cc1ccc(S(=O)(=O)N(Cc2ccc(Cl)cc2)c2ccccc2C(=O)N/N=C\c2ccc(OCC(=O)NCCc3ccccc3)cc2)cc1. The fourth-order valence-corrected chi connectivity index (χ4v) is 6.44. The molecule has 2 N–H and O–H groups in total. The highest BCUT2D eigenvalue weighted by Crippen LogP contribution is 2.30. The number of carbonyl (C=O) groups is 2. The van der Waals surface area contributed by atoms with E-state index < -0.39 is 15.9 Å². The maximum Gasteiger partial charge on any atom is 0.273 e. The second kappa shape index (κ2) is 16.6. The van der Waals surface area contributed by atoms with Gasteiger partial charge >= 0.3 is 0 Å². The summed E-state index contributed by atoms with van der Waals surface area (Å²) >= 11 is 6.07. The van der Waals surface area contributed by atoms with Crippen molar-refractivity contribution in [3.05, 3.63) is 160 Å². The van der Waals surface area contributed by atoms with E-state index in [4.69, 9.17) is 16.3 Å². The van der Waals surface area contributed by atoms with Gasteiger partial charge < -0.3 is 10.1 Å². The Bertz CT molecular complexity index is 2000. The fourth-order valence-electron chi connectivity index (χ4n) is 4.84. The number of carbonyl (C=O) groups excluding carboxylic acids is 2. The molecule has 49 heavy (non-hydrogen) atoms. The van der Waals surface area contributed by atoms with Crippen LogP contribution in [0.2, 0.25) is 5.02 Å². The molecule has 0 fully saturated rings. The van der Waals surface area contributed by atoms with E-state index in [2.05, 4.69) is 15.8 Å². The molecule has 0 heterocycles. The van der Waals surface area contributed by atoms with Crippen LogP contribution in [0.3, 0.4) is 0 Å². The van der Waals surface area contributed by atoms with Crippen molar-refractivity contribution in [2.24, 2.45) is 5.10 Å². The largest absolute Gasteiger partial charge is 0.484 e. The summed E-state index contributed by atoms with van der Waals surface area (Å²) in [5.41, 5.74) is 6.23. The number of hydrogen-bond acceptors (Lipinski definition) is 6. The molecular weight excluding hydrogens is 660 g/mol. The topological polar surface area (TPSA) is 117 Å². The van der Waals surface area contributed by atoms with Crippen LogP contribution in [0.15, 0.2) is 137 Å². The summed E-state index contributed by atoms with van der Waals surface area (Å²) in [4.78, 5) is 25.7. The van der Waals surface area contributed by atoms with Crippen LogP contribution in [0.4, 0.5) is 5.69 Å². The van der Waals surface area contributed by atoms with Crippen molar-refractivity contribution in [1.29, 1.82) is 0 Å². The smallest absolute Gasteiger partial charge is 0.273 e. The molecule has 0 aromatic heterocycles. The van der Waals surface area contributed by atoms with Crippen molar-refractivity contribution in [1.82, 2.24) is 10.7 Å². The van der Waals surface area contributed by atoms with Gasteiger partial charge in [-0.1, -0.05) is 83.9 Å². The Hall–Kier alpha value is -5.45. The Morgan fingerprint density at radius 1 is 0.816 bits per heavy atom. The van der Waals surface area contributed by atoms with Gasteiger partial charge in [-0.05, 0) is 90.7 Å². The van der Waals surface area contributed by atoms with Gasteiger partial charge in [0, 0.05) is 11.6 Å². The van der Waals surface area contributed by atoms with Crippen molar-refractivity contribution in [2.75, 3.05) is 17.5 Å². The van der Waals surface area contributed by atoms with Crippen LogP contribution in [-0.4, -0.2) is 39.6 Å². The van der Waals surface area contributed by atoms with Crippen LogP contribution in [0.25, 0.3) is 0 Å². The number of aryl methyl sites for hydroxylation is 1. The van der Waals surface area contributed by atoms with Crippen LogP contribution >= 0.6 is 11.6 Å². The molecule has 11 heteroatoms. The lowest BCUT2D eigenvalue weighted by Crippen LogP contribution is -2.33. The van der Waals surface area contributed by atoms with E-state index >= 15 is 0 Å². The molecule has 250 valence electrons. The van der Waals surface area contributed by atoms with Gasteiger partial charge in [0.15, 0.2) is 6.61 Å². The summed E-state index contributed by atoms with van der Waals surface area (Å²) in [6, 6.07) is 36.6. The van der Waals surface area contributed by atoms with Crippen LogP contribution in [0.5, 0.6) is 5.75 Å². The van der Waals surface area contributed by atoms with Gasteiger partial charge in [0.05, 0.1) is 28.9 Å². The first-order chi connectivity index (χ1) is 23.7. The highest BCUT2D eigenvalue weighted by Gasteiger charge is 2.28. The zero-order chi connectivity index (χ0) is 34.6. The molecule has 0 aliphatic carbocycles. The number of rotatable bonds is 14. The number of nitrogens with one attached hydrogen (secondary N) is 2. The molecule has 0 aliphatic rings.